The fourth-order valence-electron chi connectivity index (χ4n) is 2.49. The largest absolute Gasteiger partial charge is 0.387 e. The van der Waals surface area contributed by atoms with E-state index in [1.165, 1.54) is 25.7 Å². The van der Waals surface area contributed by atoms with Crippen molar-refractivity contribution in [1.82, 2.24) is 4.98 Å². The summed E-state index contributed by atoms with van der Waals surface area (Å²) in [5.74, 6) is 0.845. The summed E-state index contributed by atoms with van der Waals surface area (Å²) in [5.41, 5.74) is 0.851. The van der Waals surface area contributed by atoms with E-state index in [1.54, 1.807) is 11.3 Å². The van der Waals surface area contributed by atoms with Crippen molar-refractivity contribution in [3.63, 3.8) is 0 Å². The minimum atomic E-state index is -0.371. The van der Waals surface area contributed by atoms with Crippen LogP contribution in [0.15, 0.2) is 5.38 Å². The highest BCUT2D eigenvalue weighted by molar-refractivity contribution is 7.09. The van der Waals surface area contributed by atoms with Crippen molar-refractivity contribution in [2.75, 3.05) is 13.2 Å². The van der Waals surface area contributed by atoms with Gasteiger partial charge in [0, 0.05) is 18.6 Å². The van der Waals surface area contributed by atoms with Crippen molar-refractivity contribution >= 4 is 11.3 Å². The van der Waals surface area contributed by atoms with Crippen LogP contribution in [0.25, 0.3) is 0 Å². The average molecular weight is 269 g/mol. The zero-order chi connectivity index (χ0) is 12.8. The van der Waals surface area contributed by atoms with E-state index in [0.717, 1.165) is 42.7 Å². The minimum absolute atomic E-state index is 0.371. The Morgan fingerprint density at radius 1 is 1.44 bits per heavy atom. The number of nitrogens with zero attached hydrogens (tertiary/aromatic N) is 1. The van der Waals surface area contributed by atoms with Crippen LogP contribution in [0.4, 0.5) is 0 Å². The lowest BCUT2D eigenvalue weighted by atomic mass is 9.93. The van der Waals surface area contributed by atoms with Gasteiger partial charge in [0.05, 0.1) is 16.8 Å². The smallest absolute Gasteiger partial charge is 0.0968 e. The predicted octanol–water partition coefficient (Wildman–Crippen LogP) is 3.47. The van der Waals surface area contributed by atoms with Gasteiger partial charge >= 0.3 is 0 Å². The molecular formula is C14H23NO2S. The molecule has 1 saturated heterocycles. The molecule has 1 aromatic heterocycles. The molecule has 4 heteroatoms. The molecule has 1 fully saturated rings. The molecule has 2 heterocycles. The van der Waals surface area contributed by atoms with Gasteiger partial charge in [-0.15, -0.1) is 11.3 Å². The number of aliphatic hydroxyl groups is 1. The number of ether oxygens (including phenoxy) is 1. The predicted molar refractivity (Wildman–Crippen MR) is 73.8 cm³/mol. The first-order valence-corrected chi connectivity index (χ1v) is 7.81. The lowest BCUT2D eigenvalue weighted by Gasteiger charge is -2.21. The number of hydrogen-bond acceptors (Lipinski definition) is 4. The van der Waals surface area contributed by atoms with Gasteiger partial charge < -0.3 is 9.84 Å². The van der Waals surface area contributed by atoms with Crippen molar-refractivity contribution in [2.24, 2.45) is 5.92 Å². The fraction of sp³-hybridized carbons (Fsp3) is 0.786. The molecule has 0 bridgehead atoms. The van der Waals surface area contributed by atoms with Gasteiger partial charge in [-0.05, 0) is 32.1 Å². The Hall–Kier alpha value is -0.450. The van der Waals surface area contributed by atoms with Crippen LogP contribution < -0.4 is 0 Å². The Kier molecular flexibility index (Phi) is 5.60. The van der Waals surface area contributed by atoms with Gasteiger partial charge in [-0.3, -0.25) is 0 Å². The van der Waals surface area contributed by atoms with Crippen LogP contribution in [-0.4, -0.2) is 23.3 Å². The zero-order valence-corrected chi connectivity index (χ0v) is 11.9. The molecule has 0 aromatic carbocycles. The first-order valence-electron chi connectivity index (χ1n) is 6.93. The molecule has 18 heavy (non-hydrogen) atoms. The van der Waals surface area contributed by atoms with Crippen LogP contribution >= 0.6 is 11.3 Å². The lowest BCUT2D eigenvalue weighted by Crippen LogP contribution is -2.15. The Morgan fingerprint density at radius 3 is 2.89 bits per heavy atom. The third-order valence-corrected chi connectivity index (χ3v) is 4.45. The number of aliphatic hydroxyl groups excluding tert-OH is 1. The molecule has 102 valence electrons. The van der Waals surface area contributed by atoms with E-state index in [-0.39, 0.29) is 6.10 Å². The zero-order valence-electron chi connectivity index (χ0n) is 11.1. The standard InChI is InChI=1S/C14H23NO2S/c1-11-15-13(10-18-11)14(16)5-3-2-4-12-6-8-17-9-7-12/h10,12,14,16H,2-9H2,1H3. The molecule has 1 N–H and O–H groups in total. The Bertz CT molecular complexity index is 347. The highest BCUT2D eigenvalue weighted by atomic mass is 32.1. The topological polar surface area (TPSA) is 42.4 Å². The van der Waals surface area contributed by atoms with Gasteiger partial charge in [-0.2, -0.15) is 0 Å². The van der Waals surface area contributed by atoms with Crippen LogP contribution in [0.5, 0.6) is 0 Å². The number of rotatable bonds is 6. The summed E-state index contributed by atoms with van der Waals surface area (Å²) in [6.45, 7) is 3.85. The van der Waals surface area contributed by atoms with Crippen molar-refractivity contribution in [3.05, 3.63) is 16.1 Å². The maximum absolute atomic E-state index is 9.99. The molecule has 0 amide bonds. The van der Waals surface area contributed by atoms with Gasteiger partial charge in [-0.1, -0.05) is 19.3 Å². The van der Waals surface area contributed by atoms with Crippen LogP contribution in [0.2, 0.25) is 0 Å². The third-order valence-electron chi connectivity index (χ3n) is 3.66. The van der Waals surface area contributed by atoms with Crippen molar-refractivity contribution in [2.45, 2.75) is 51.6 Å². The molecule has 0 aliphatic carbocycles. The molecule has 1 atom stereocenters. The van der Waals surface area contributed by atoms with Crippen LogP contribution in [0.3, 0.4) is 0 Å². The number of hydrogen-bond donors (Lipinski definition) is 1. The van der Waals surface area contributed by atoms with E-state index < -0.39 is 0 Å². The molecule has 1 aliphatic rings. The summed E-state index contributed by atoms with van der Waals surface area (Å²) in [5, 5.41) is 13.0. The van der Waals surface area contributed by atoms with E-state index in [0.29, 0.717) is 0 Å². The number of aromatic nitrogens is 1. The van der Waals surface area contributed by atoms with Crippen LogP contribution in [0, 0.1) is 12.8 Å². The molecule has 0 saturated carbocycles. The Labute approximate surface area is 113 Å². The number of aryl methyl sites for hydroxylation is 1. The van der Waals surface area contributed by atoms with Gasteiger partial charge in [0.1, 0.15) is 0 Å². The minimum Gasteiger partial charge on any atom is -0.387 e. The molecule has 3 nitrogen and oxygen atoms in total. The highest BCUT2D eigenvalue weighted by Crippen LogP contribution is 2.24. The summed E-state index contributed by atoms with van der Waals surface area (Å²) in [7, 11) is 0. The Morgan fingerprint density at radius 2 is 2.22 bits per heavy atom. The molecule has 2 rings (SSSR count). The van der Waals surface area contributed by atoms with Crippen LogP contribution in [-0.2, 0) is 4.74 Å². The van der Waals surface area contributed by atoms with Gasteiger partial charge in [0.2, 0.25) is 0 Å². The molecule has 1 aromatic rings. The highest BCUT2D eigenvalue weighted by Gasteiger charge is 2.14. The summed E-state index contributed by atoms with van der Waals surface area (Å²) in [6.07, 6.45) is 6.49. The molecule has 1 unspecified atom stereocenters. The second kappa shape index (κ2) is 7.22. The monoisotopic (exact) mass is 269 g/mol. The normalized spacial score (nSPS) is 19.0. The van der Waals surface area contributed by atoms with Gasteiger partial charge in [0.25, 0.3) is 0 Å². The maximum atomic E-state index is 9.99. The van der Waals surface area contributed by atoms with Crippen molar-refractivity contribution in [3.8, 4) is 0 Å². The lowest BCUT2D eigenvalue weighted by molar-refractivity contribution is 0.0625. The first-order chi connectivity index (χ1) is 8.75. The molecule has 1 aliphatic heterocycles. The summed E-state index contributed by atoms with van der Waals surface area (Å²) in [6, 6.07) is 0. The SMILES string of the molecule is Cc1nc(C(O)CCCCC2CCOCC2)cs1. The van der Waals surface area contributed by atoms with E-state index in [4.69, 9.17) is 4.74 Å². The second-order valence-corrected chi connectivity index (χ2v) is 6.21. The quantitative estimate of drug-likeness (QED) is 0.804. The summed E-state index contributed by atoms with van der Waals surface area (Å²) < 4.78 is 5.36. The molecule has 0 radical (unpaired) electrons. The first kappa shape index (κ1) is 14.0. The van der Waals surface area contributed by atoms with Crippen molar-refractivity contribution < 1.29 is 9.84 Å². The van der Waals surface area contributed by atoms with Crippen LogP contribution in [0.1, 0.15) is 55.3 Å². The van der Waals surface area contributed by atoms with E-state index in [9.17, 15) is 5.11 Å². The van der Waals surface area contributed by atoms with E-state index in [2.05, 4.69) is 4.98 Å². The average Bonchev–Trinajstić information content (AvgIpc) is 2.82. The second-order valence-electron chi connectivity index (χ2n) is 5.15. The molecular weight excluding hydrogens is 246 g/mol. The number of thiazole rings is 1. The summed E-state index contributed by atoms with van der Waals surface area (Å²) in [4.78, 5) is 4.33. The number of unbranched alkanes of at least 4 members (excludes halogenated alkanes) is 1. The van der Waals surface area contributed by atoms with E-state index in [1.807, 2.05) is 12.3 Å². The fourth-order valence-corrected chi connectivity index (χ4v) is 3.15. The molecule has 0 spiro atoms. The van der Waals surface area contributed by atoms with Gasteiger partial charge in [0.15, 0.2) is 0 Å². The summed E-state index contributed by atoms with van der Waals surface area (Å²) >= 11 is 1.61. The van der Waals surface area contributed by atoms with E-state index >= 15 is 0 Å². The Balaban J connectivity index is 1.60. The van der Waals surface area contributed by atoms with Gasteiger partial charge in [-0.25, -0.2) is 4.98 Å². The van der Waals surface area contributed by atoms with Crippen molar-refractivity contribution in [1.29, 1.82) is 0 Å². The maximum Gasteiger partial charge on any atom is 0.0968 e. The third kappa shape index (κ3) is 4.34.